The first-order valence-corrected chi connectivity index (χ1v) is 7.20. The second-order valence-corrected chi connectivity index (χ2v) is 6.28. The Kier molecular flexibility index (Phi) is 4.21. The van der Waals surface area contributed by atoms with Gasteiger partial charge in [0.2, 0.25) is 0 Å². The van der Waals surface area contributed by atoms with Crippen molar-refractivity contribution in [3.05, 3.63) is 28.8 Å². The molecule has 0 radical (unpaired) electrons. The molecule has 0 aliphatic heterocycles. The van der Waals surface area contributed by atoms with Gasteiger partial charge < -0.3 is 15.7 Å². The Morgan fingerprint density at radius 1 is 1.29 bits per heavy atom. The van der Waals surface area contributed by atoms with Crippen molar-refractivity contribution in [3.8, 4) is 0 Å². The minimum absolute atomic E-state index is 0.123. The minimum atomic E-state index is -1.04. The highest BCUT2D eigenvalue weighted by molar-refractivity contribution is 6.01. The Morgan fingerprint density at radius 2 is 1.95 bits per heavy atom. The third-order valence-electron chi connectivity index (χ3n) is 4.19. The van der Waals surface area contributed by atoms with Crippen LogP contribution in [0.2, 0.25) is 0 Å². The third kappa shape index (κ3) is 3.54. The summed E-state index contributed by atoms with van der Waals surface area (Å²) in [4.78, 5) is 23.3. The molecule has 0 spiro atoms. The summed E-state index contributed by atoms with van der Waals surface area (Å²) in [5.74, 6) is -1.04. The van der Waals surface area contributed by atoms with E-state index in [0.29, 0.717) is 12.2 Å². The topological polar surface area (TPSA) is 78.4 Å². The predicted octanol–water partition coefficient (Wildman–Crippen LogP) is 3.31. The van der Waals surface area contributed by atoms with Crippen LogP contribution in [-0.4, -0.2) is 23.7 Å². The summed E-state index contributed by atoms with van der Waals surface area (Å²) in [6.45, 7) is 6.39. The van der Waals surface area contributed by atoms with Gasteiger partial charge in [-0.05, 0) is 49.3 Å². The first-order valence-electron chi connectivity index (χ1n) is 7.20. The zero-order chi connectivity index (χ0) is 15.6. The van der Waals surface area contributed by atoms with Gasteiger partial charge in [-0.1, -0.05) is 19.4 Å². The zero-order valence-corrected chi connectivity index (χ0v) is 12.7. The van der Waals surface area contributed by atoms with Crippen LogP contribution in [-0.2, 0) is 0 Å². The highest BCUT2D eigenvalue weighted by Crippen LogP contribution is 2.39. The van der Waals surface area contributed by atoms with E-state index in [1.807, 2.05) is 13.0 Å². The van der Waals surface area contributed by atoms with Crippen LogP contribution in [0.1, 0.15) is 47.7 Å². The summed E-state index contributed by atoms with van der Waals surface area (Å²) < 4.78 is 0. The molecule has 114 valence electrons. The lowest BCUT2D eigenvalue weighted by molar-refractivity contribution is 0.0698. The van der Waals surface area contributed by atoms with Crippen LogP contribution in [0.15, 0.2) is 12.1 Å². The van der Waals surface area contributed by atoms with Crippen molar-refractivity contribution >= 4 is 17.7 Å². The van der Waals surface area contributed by atoms with Gasteiger partial charge in [0.15, 0.2) is 0 Å². The van der Waals surface area contributed by atoms with Gasteiger partial charge in [-0.3, -0.25) is 0 Å². The Morgan fingerprint density at radius 3 is 2.48 bits per heavy atom. The number of hydrogen-bond acceptors (Lipinski definition) is 2. The fourth-order valence-electron chi connectivity index (χ4n) is 2.71. The average Bonchev–Trinajstić information content (AvgIpc) is 2.36. The lowest BCUT2D eigenvalue weighted by Gasteiger charge is -2.38. The molecule has 1 aliphatic rings. The average molecular weight is 290 g/mol. The van der Waals surface area contributed by atoms with Crippen LogP contribution in [0.4, 0.5) is 10.5 Å². The molecule has 2 rings (SSSR count). The summed E-state index contributed by atoms with van der Waals surface area (Å²) in [6.07, 6.45) is 3.45. The fraction of sp³-hybridized carbons (Fsp3) is 0.500. The number of hydrogen-bond donors (Lipinski definition) is 3. The maximum atomic E-state index is 12.0. The van der Waals surface area contributed by atoms with E-state index in [1.54, 1.807) is 13.0 Å². The smallest absolute Gasteiger partial charge is 0.337 e. The Bertz CT molecular complexity index is 577. The fourth-order valence-corrected chi connectivity index (χ4v) is 2.71. The number of nitrogens with one attached hydrogen (secondary N) is 2. The minimum Gasteiger partial charge on any atom is -0.478 e. The first-order chi connectivity index (χ1) is 9.81. The molecule has 0 aromatic heterocycles. The van der Waals surface area contributed by atoms with E-state index in [9.17, 15) is 14.7 Å². The van der Waals surface area contributed by atoms with Crippen LogP contribution in [0.25, 0.3) is 0 Å². The SMILES string of the molecule is Cc1cc(C)c(NC(=O)NCC2(C)CCC2)c(C(=O)O)c1. The highest BCUT2D eigenvalue weighted by Gasteiger charge is 2.31. The Hall–Kier alpha value is -2.04. The normalized spacial score (nSPS) is 16.0. The van der Waals surface area contributed by atoms with Crippen LogP contribution >= 0.6 is 0 Å². The van der Waals surface area contributed by atoms with Crippen molar-refractivity contribution in [2.75, 3.05) is 11.9 Å². The number of carbonyl (C=O) groups is 2. The molecule has 0 heterocycles. The molecule has 1 fully saturated rings. The molecule has 0 bridgehead atoms. The van der Waals surface area contributed by atoms with Gasteiger partial charge >= 0.3 is 12.0 Å². The molecule has 1 aromatic rings. The maximum Gasteiger partial charge on any atom is 0.337 e. The molecular formula is C16H22N2O3. The van der Waals surface area contributed by atoms with Gasteiger partial charge in [0.1, 0.15) is 0 Å². The molecule has 21 heavy (non-hydrogen) atoms. The Labute approximate surface area is 124 Å². The van der Waals surface area contributed by atoms with E-state index in [1.165, 1.54) is 6.42 Å². The molecule has 1 aromatic carbocycles. The number of amides is 2. The highest BCUT2D eigenvalue weighted by atomic mass is 16.4. The Balaban J connectivity index is 2.08. The van der Waals surface area contributed by atoms with Crippen molar-refractivity contribution in [2.24, 2.45) is 5.41 Å². The second kappa shape index (κ2) is 5.76. The van der Waals surface area contributed by atoms with Gasteiger partial charge in [-0.15, -0.1) is 0 Å². The van der Waals surface area contributed by atoms with E-state index in [2.05, 4.69) is 17.6 Å². The summed E-state index contributed by atoms with van der Waals surface area (Å²) in [5.41, 5.74) is 2.28. The molecule has 1 aliphatic carbocycles. The molecule has 2 amide bonds. The molecule has 5 heteroatoms. The van der Waals surface area contributed by atoms with Crippen molar-refractivity contribution in [2.45, 2.75) is 40.0 Å². The molecule has 3 N–H and O–H groups in total. The predicted molar refractivity (Wildman–Crippen MR) is 81.9 cm³/mol. The lowest BCUT2D eigenvalue weighted by atomic mass is 9.70. The van der Waals surface area contributed by atoms with E-state index in [-0.39, 0.29) is 17.0 Å². The van der Waals surface area contributed by atoms with Crippen molar-refractivity contribution in [3.63, 3.8) is 0 Å². The first kappa shape index (κ1) is 15.4. The van der Waals surface area contributed by atoms with Crippen molar-refractivity contribution in [1.29, 1.82) is 0 Å². The van der Waals surface area contributed by atoms with Crippen molar-refractivity contribution in [1.82, 2.24) is 5.32 Å². The monoisotopic (exact) mass is 290 g/mol. The summed E-state index contributed by atoms with van der Waals surface area (Å²) >= 11 is 0. The molecular weight excluding hydrogens is 268 g/mol. The number of aryl methyl sites for hydroxylation is 2. The van der Waals surface area contributed by atoms with Crippen LogP contribution in [0.3, 0.4) is 0 Å². The molecule has 0 saturated heterocycles. The molecule has 0 unspecified atom stereocenters. The number of carbonyl (C=O) groups excluding carboxylic acids is 1. The van der Waals surface area contributed by atoms with E-state index < -0.39 is 5.97 Å². The summed E-state index contributed by atoms with van der Waals surface area (Å²) in [7, 11) is 0. The number of carboxylic acids is 1. The van der Waals surface area contributed by atoms with Crippen LogP contribution < -0.4 is 10.6 Å². The zero-order valence-electron chi connectivity index (χ0n) is 12.7. The number of carboxylic acid groups (broad SMARTS) is 1. The van der Waals surface area contributed by atoms with Crippen LogP contribution in [0, 0.1) is 19.3 Å². The van der Waals surface area contributed by atoms with E-state index >= 15 is 0 Å². The largest absolute Gasteiger partial charge is 0.478 e. The van der Waals surface area contributed by atoms with Gasteiger partial charge in [0.25, 0.3) is 0 Å². The van der Waals surface area contributed by atoms with Crippen LogP contribution in [0.5, 0.6) is 0 Å². The maximum absolute atomic E-state index is 12.0. The summed E-state index contributed by atoms with van der Waals surface area (Å²) in [5, 5.41) is 14.8. The molecule has 0 atom stereocenters. The number of aromatic carboxylic acids is 1. The van der Waals surface area contributed by atoms with Gasteiger partial charge in [-0.2, -0.15) is 0 Å². The number of benzene rings is 1. The number of rotatable bonds is 4. The molecule has 5 nitrogen and oxygen atoms in total. The third-order valence-corrected chi connectivity index (χ3v) is 4.19. The second-order valence-electron chi connectivity index (χ2n) is 6.28. The summed E-state index contributed by atoms with van der Waals surface area (Å²) in [6, 6.07) is 3.07. The van der Waals surface area contributed by atoms with Gasteiger partial charge in [-0.25, -0.2) is 9.59 Å². The number of urea groups is 1. The quantitative estimate of drug-likeness (QED) is 0.796. The van der Waals surface area contributed by atoms with E-state index in [4.69, 9.17) is 0 Å². The standard InChI is InChI=1S/C16H22N2O3/c1-10-7-11(2)13(12(8-10)14(19)20)18-15(21)17-9-16(3)5-4-6-16/h7-8H,4-6,9H2,1-3H3,(H,19,20)(H2,17,18,21). The number of anilines is 1. The van der Waals surface area contributed by atoms with Gasteiger partial charge in [0, 0.05) is 6.54 Å². The molecule has 1 saturated carbocycles. The van der Waals surface area contributed by atoms with Crippen molar-refractivity contribution < 1.29 is 14.7 Å². The van der Waals surface area contributed by atoms with Gasteiger partial charge in [0.05, 0.1) is 11.3 Å². The van der Waals surface area contributed by atoms with E-state index in [0.717, 1.165) is 24.0 Å². The lowest BCUT2D eigenvalue weighted by Crippen LogP contribution is -2.41.